The van der Waals surface area contributed by atoms with Crippen LogP contribution in [0.5, 0.6) is 0 Å². The summed E-state index contributed by atoms with van der Waals surface area (Å²) in [6, 6.07) is 1.95. The zero-order chi connectivity index (χ0) is 12.1. The average Bonchev–Trinajstić information content (AvgIpc) is 2.17. The van der Waals surface area contributed by atoms with E-state index in [1.165, 1.54) is 0 Å². The molecule has 0 spiro atoms. The Kier molecular flexibility index (Phi) is 5.31. The average molecular weight is 262 g/mol. The molecule has 0 saturated heterocycles. The number of hydrogen-bond acceptors (Lipinski definition) is 5. The molecular formula is C10H16ClN3OS. The van der Waals surface area contributed by atoms with Crippen LogP contribution in [0.2, 0.25) is 5.28 Å². The van der Waals surface area contributed by atoms with Crippen molar-refractivity contribution in [3.05, 3.63) is 17.0 Å². The first-order valence-corrected chi connectivity index (χ1v) is 6.64. The maximum Gasteiger partial charge on any atom is 0.224 e. The molecule has 0 fully saturated rings. The van der Waals surface area contributed by atoms with Crippen molar-refractivity contribution in [3.63, 3.8) is 0 Å². The Morgan fingerprint density at radius 1 is 1.56 bits per heavy atom. The number of aliphatic hydroxyl groups is 1. The molecule has 2 N–H and O–H groups in total. The summed E-state index contributed by atoms with van der Waals surface area (Å²) < 4.78 is 0. The maximum atomic E-state index is 9.16. The summed E-state index contributed by atoms with van der Waals surface area (Å²) in [6.07, 6.45) is 1.97. The maximum absolute atomic E-state index is 9.16. The number of aliphatic hydroxyl groups excluding tert-OH is 1. The highest BCUT2D eigenvalue weighted by atomic mass is 35.5. The van der Waals surface area contributed by atoms with Crippen molar-refractivity contribution < 1.29 is 5.11 Å². The van der Waals surface area contributed by atoms with Crippen molar-refractivity contribution in [2.75, 3.05) is 18.2 Å². The summed E-state index contributed by atoms with van der Waals surface area (Å²) in [6.45, 7) is 4.00. The minimum absolute atomic E-state index is 0.116. The van der Waals surface area contributed by atoms with Crippen LogP contribution in [0.1, 0.15) is 12.6 Å². The third kappa shape index (κ3) is 3.81. The van der Waals surface area contributed by atoms with Gasteiger partial charge in [-0.25, -0.2) is 9.97 Å². The highest BCUT2D eigenvalue weighted by Crippen LogP contribution is 2.16. The predicted molar refractivity (Wildman–Crippen MR) is 69.3 cm³/mol. The van der Waals surface area contributed by atoms with Crippen molar-refractivity contribution >= 4 is 29.2 Å². The summed E-state index contributed by atoms with van der Waals surface area (Å²) in [7, 11) is 0. The van der Waals surface area contributed by atoms with Gasteiger partial charge in [0, 0.05) is 23.1 Å². The SMILES string of the molecule is CSC(CO)C(C)Nc1cc(C)nc(Cl)n1. The minimum Gasteiger partial charge on any atom is -0.395 e. The van der Waals surface area contributed by atoms with E-state index in [0.29, 0.717) is 5.82 Å². The molecule has 4 nitrogen and oxygen atoms in total. The predicted octanol–water partition coefficient (Wildman–Crippen LogP) is 1.96. The number of thioether (sulfide) groups is 1. The van der Waals surface area contributed by atoms with Crippen molar-refractivity contribution in [1.82, 2.24) is 9.97 Å². The molecule has 90 valence electrons. The molecule has 16 heavy (non-hydrogen) atoms. The molecule has 6 heteroatoms. The van der Waals surface area contributed by atoms with Gasteiger partial charge >= 0.3 is 0 Å². The van der Waals surface area contributed by atoms with Gasteiger partial charge in [0.1, 0.15) is 5.82 Å². The molecule has 0 aliphatic heterocycles. The van der Waals surface area contributed by atoms with Crippen LogP contribution in [0.3, 0.4) is 0 Å². The molecule has 0 aliphatic carbocycles. The second-order valence-corrected chi connectivity index (χ2v) is 4.97. The number of nitrogens with one attached hydrogen (secondary N) is 1. The minimum atomic E-state index is 0.116. The molecule has 2 atom stereocenters. The van der Waals surface area contributed by atoms with Crippen molar-refractivity contribution in [3.8, 4) is 0 Å². The van der Waals surface area contributed by atoms with Gasteiger partial charge in [-0.1, -0.05) is 0 Å². The van der Waals surface area contributed by atoms with E-state index in [1.54, 1.807) is 11.8 Å². The number of aromatic nitrogens is 2. The van der Waals surface area contributed by atoms with Crippen molar-refractivity contribution in [1.29, 1.82) is 0 Å². The highest BCUT2D eigenvalue weighted by molar-refractivity contribution is 7.99. The Morgan fingerprint density at radius 3 is 2.75 bits per heavy atom. The van der Waals surface area contributed by atoms with Crippen molar-refractivity contribution in [2.45, 2.75) is 25.1 Å². The zero-order valence-corrected chi connectivity index (χ0v) is 11.1. The lowest BCUT2D eigenvalue weighted by Crippen LogP contribution is -2.31. The van der Waals surface area contributed by atoms with Crippen molar-refractivity contribution in [2.24, 2.45) is 0 Å². The van der Waals surface area contributed by atoms with Crippen LogP contribution in [0.15, 0.2) is 6.07 Å². The Bertz CT molecular complexity index is 327. The van der Waals surface area contributed by atoms with E-state index < -0.39 is 0 Å². The van der Waals surface area contributed by atoms with Gasteiger partial charge in [-0.05, 0) is 31.7 Å². The zero-order valence-electron chi connectivity index (χ0n) is 9.57. The third-order valence-electron chi connectivity index (χ3n) is 2.24. The molecule has 1 aromatic heterocycles. The van der Waals surface area contributed by atoms with E-state index in [1.807, 2.05) is 26.2 Å². The number of halogens is 1. The van der Waals surface area contributed by atoms with Gasteiger partial charge < -0.3 is 10.4 Å². The van der Waals surface area contributed by atoms with E-state index >= 15 is 0 Å². The molecule has 0 bridgehead atoms. The fourth-order valence-electron chi connectivity index (χ4n) is 1.37. The number of hydrogen-bond donors (Lipinski definition) is 2. The van der Waals surface area contributed by atoms with Gasteiger partial charge in [-0.3, -0.25) is 0 Å². The highest BCUT2D eigenvalue weighted by Gasteiger charge is 2.15. The van der Waals surface area contributed by atoms with E-state index in [9.17, 15) is 0 Å². The van der Waals surface area contributed by atoms with Crippen LogP contribution in [0, 0.1) is 6.92 Å². The largest absolute Gasteiger partial charge is 0.395 e. The Morgan fingerprint density at radius 2 is 2.25 bits per heavy atom. The molecule has 0 aliphatic rings. The number of rotatable bonds is 5. The Balaban J connectivity index is 2.72. The number of nitrogens with zero attached hydrogens (tertiary/aromatic N) is 2. The van der Waals surface area contributed by atoms with Gasteiger partial charge in [-0.2, -0.15) is 11.8 Å². The molecule has 1 aromatic rings. The van der Waals surface area contributed by atoms with E-state index in [0.717, 1.165) is 5.69 Å². The van der Waals surface area contributed by atoms with E-state index in [-0.39, 0.29) is 23.2 Å². The summed E-state index contributed by atoms with van der Waals surface area (Å²) in [5.41, 5.74) is 0.819. The molecule has 1 rings (SSSR count). The first-order chi connectivity index (χ1) is 7.56. The Labute approximate surface area is 105 Å². The lowest BCUT2D eigenvalue weighted by atomic mass is 10.2. The summed E-state index contributed by atoms with van der Waals surface area (Å²) >= 11 is 7.38. The molecular weight excluding hydrogens is 246 g/mol. The van der Waals surface area contributed by atoms with Crippen LogP contribution in [0.25, 0.3) is 0 Å². The number of aryl methyl sites for hydroxylation is 1. The normalized spacial score (nSPS) is 14.6. The second-order valence-electron chi connectivity index (χ2n) is 3.55. The second kappa shape index (κ2) is 6.27. The fourth-order valence-corrected chi connectivity index (χ4v) is 2.22. The topological polar surface area (TPSA) is 58.0 Å². The molecule has 0 amide bonds. The molecule has 0 saturated carbocycles. The summed E-state index contributed by atoms with van der Waals surface area (Å²) in [4.78, 5) is 8.06. The standard InChI is InChI=1S/C10H16ClN3OS/c1-6-4-9(14-10(11)12-6)13-7(2)8(5-15)16-3/h4,7-8,15H,5H2,1-3H3,(H,12,13,14). The smallest absolute Gasteiger partial charge is 0.224 e. The lowest BCUT2D eigenvalue weighted by Gasteiger charge is -2.21. The first kappa shape index (κ1) is 13.5. The number of anilines is 1. The quantitative estimate of drug-likeness (QED) is 0.794. The molecule has 0 radical (unpaired) electrons. The summed E-state index contributed by atoms with van der Waals surface area (Å²) in [5, 5.41) is 12.7. The van der Waals surface area contributed by atoms with Gasteiger partial charge in [0.15, 0.2) is 0 Å². The lowest BCUT2D eigenvalue weighted by molar-refractivity contribution is 0.288. The summed E-state index contributed by atoms with van der Waals surface area (Å²) in [5.74, 6) is 0.692. The molecule has 0 aromatic carbocycles. The van der Waals surface area contributed by atoms with E-state index in [2.05, 4.69) is 15.3 Å². The van der Waals surface area contributed by atoms with Gasteiger partial charge in [-0.15, -0.1) is 0 Å². The van der Waals surface area contributed by atoms with Crippen LogP contribution in [-0.4, -0.2) is 39.2 Å². The van der Waals surface area contributed by atoms with E-state index in [4.69, 9.17) is 16.7 Å². The van der Waals surface area contributed by atoms with Crippen LogP contribution in [-0.2, 0) is 0 Å². The first-order valence-electron chi connectivity index (χ1n) is 4.98. The molecule has 2 unspecified atom stereocenters. The van der Waals surface area contributed by atoms with Gasteiger partial charge in [0.2, 0.25) is 5.28 Å². The van der Waals surface area contributed by atoms with Crippen LogP contribution >= 0.6 is 23.4 Å². The van der Waals surface area contributed by atoms with Gasteiger partial charge in [0.05, 0.1) is 6.61 Å². The Hall–Kier alpha value is -0.520. The molecule has 1 heterocycles. The van der Waals surface area contributed by atoms with Gasteiger partial charge in [0.25, 0.3) is 0 Å². The third-order valence-corrected chi connectivity index (χ3v) is 3.57. The van der Waals surface area contributed by atoms with Crippen LogP contribution in [0.4, 0.5) is 5.82 Å². The monoisotopic (exact) mass is 261 g/mol. The van der Waals surface area contributed by atoms with Crippen LogP contribution < -0.4 is 5.32 Å². The fraction of sp³-hybridized carbons (Fsp3) is 0.600.